The van der Waals surface area contributed by atoms with Crippen LogP contribution in [0.25, 0.3) is 0 Å². The lowest BCUT2D eigenvalue weighted by molar-refractivity contribution is 0.183. The molecule has 0 N–H and O–H groups in total. The summed E-state index contributed by atoms with van der Waals surface area (Å²) >= 11 is 11.7. The molecular weight excluding hydrogens is 331 g/mol. The molecule has 0 bridgehead atoms. The number of alkyl halides is 2. The van der Waals surface area contributed by atoms with Gasteiger partial charge in [-0.1, -0.05) is 18.6 Å². The lowest BCUT2D eigenvalue weighted by atomic mass is 10.1. The largest absolute Gasteiger partial charge is 0.492 e. The molecule has 23 heavy (non-hydrogen) atoms. The summed E-state index contributed by atoms with van der Waals surface area (Å²) in [6.07, 6.45) is 4.04. The monoisotopic (exact) mass is 358 g/mol. The normalized spacial score (nSPS) is 16.0. The second-order valence-corrected chi connectivity index (χ2v) is 6.80. The molecule has 0 saturated carbocycles. The molecule has 1 heterocycles. The van der Waals surface area contributed by atoms with Gasteiger partial charge in [-0.05, 0) is 43.6 Å². The number of benzene rings is 1. The molecule has 0 amide bonds. The number of halogens is 2. The Kier molecular flexibility index (Phi) is 9.13. The minimum atomic E-state index is 0.634. The molecule has 3 nitrogen and oxygen atoms in total. The summed E-state index contributed by atoms with van der Waals surface area (Å²) in [5.41, 5.74) is 1.27. The van der Waals surface area contributed by atoms with E-state index >= 15 is 0 Å². The van der Waals surface area contributed by atoms with Gasteiger partial charge in [-0.15, -0.1) is 23.2 Å². The number of piperidine rings is 1. The second-order valence-electron chi connectivity index (χ2n) is 6.05. The molecular formula is C18H28Cl2N2O. The van der Waals surface area contributed by atoms with Crippen molar-refractivity contribution < 1.29 is 4.74 Å². The molecule has 0 aromatic heterocycles. The molecule has 1 aromatic rings. The van der Waals surface area contributed by atoms with Crippen molar-refractivity contribution in [1.29, 1.82) is 0 Å². The van der Waals surface area contributed by atoms with E-state index in [-0.39, 0.29) is 0 Å². The summed E-state index contributed by atoms with van der Waals surface area (Å²) < 4.78 is 5.87. The lowest BCUT2D eigenvalue weighted by Gasteiger charge is -2.26. The molecule has 1 fully saturated rings. The van der Waals surface area contributed by atoms with Crippen molar-refractivity contribution in [3.8, 4) is 5.75 Å². The van der Waals surface area contributed by atoms with E-state index in [0.29, 0.717) is 11.8 Å². The molecule has 0 unspecified atom stereocenters. The predicted octanol–water partition coefficient (Wildman–Crippen LogP) is 3.83. The van der Waals surface area contributed by atoms with Gasteiger partial charge >= 0.3 is 0 Å². The van der Waals surface area contributed by atoms with Gasteiger partial charge in [0.2, 0.25) is 0 Å². The first kappa shape index (κ1) is 18.9. The van der Waals surface area contributed by atoms with Gasteiger partial charge in [-0.25, -0.2) is 0 Å². The van der Waals surface area contributed by atoms with E-state index in [1.807, 2.05) is 0 Å². The Hall–Kier alpha value is -0.480. The van der Waals surface area contributed by atoms with Gasteiger partial charge in [0.05, 0.1) is 0 Å². The van der Waals surface area contributed by atoms with Crippen LogP contribution in [0.1, 0.15) is 24.8 Å². The van der Waals surface area contributed by atoms with E-state index < -0.39 is 0 Å². The fourth-order valence-electron chi connectivity index (χ4n) is 2.93. The van der Waals surface area contributed by atoms with E-state index in [1.54, 1.807) is 0 Å². The van der Waals surface area contributed by atoms with Gasteiger partial charge in [-0.3, -0.25) is 9.80 Å². The molecule has 1 saturated heterocycles. The van der Waals surface area contributed by atoms with E-state index in [9.17, 15) is 0 Å². The van der Waals surface area contributed by atoms with Crippen LogP contribution in [0.4, 0.5) is 0 Å². The second kappa shape index (κ2) is 11.1. The topological polar surface area (TPSA) is 15.7 Å². The smallest absolute Gasteiger partial charge is 0.119 e. The average molecular weight is 359 g/mol. The molecule has 1 aliphatic rings. The maximum Gasteiger partial charge on any atom is 0.119 e. The third kappa shape index (κ3) is 7.30. The van der Waals surface area contributed by atoms with Crippen molar-refractivity contribution in [1.82, 2.24) is 9.80 Å². The third-order valence-electron chi connectivity index (χ3n) is 4.26. The van der Waals surface area contributed by atoms with Gasteiger partial charge < -0.3 is 4.74 Å². The number of nitrogens with zero attached hydrogens (tertiary/aromatic N) is 2. The van der Waals surface area contributed by atoms with E-state index in [2.05, 4.69) is 34.1 Å². The van der Waals surface area contributed by atoms with Crippen LogP contribution in [-0.2, 0) is 6.54 Å². The van der Waals surface area contributed by atoms with Crippen LogP contribution in [-0.4, -0.2) is 60.9 Å². The van der Waals surface area contributed by atoms with Crippen molar-refractivity contribution in [2.75, 3.05) is 51.1 Å². The van der Waals surface area contributed by atoms with Gasteiger partial charge in [0.1, 0.15) is 12.4 Å². The Balaban J connectivity index is 1.72. The van der Waals surface area contributed by atoms with Crippen molar-refractivity contribution in [3.05, 3.63) is 29.8 Å². The molecule has 2 rings (SSSR count). The number of likely N-dealkylation sites (tertiary alicyclic amines) is 1. The summed E-state index contributed by atoms with van der Waals surface area (Å²) in [5.74, 6) is 2.22. The van der Waals surface area contributed by atoms with Gasteiger partial charge in [-0.2, -0.15) is 0 Å². The molecule has 130 valence electrons. The van der Waals surface area contributed by atoms with E-state index in [1.165, 1.54) is 37.9 Å². The maximum atomic E-state index is 5.87. The summed E-state index contributed by atoms with van der Waals surface area (Å²) in [6, 6.07) is 8.38. The van der Waals surface area contributed by atoms with Crippen molar-refractivity contribution in [3.63, 3.8) is 0 Å². The first-order valence-electron chi connectivity index (χ1n) is 8.60. The molecule has 0 aliphatic carbocycles. The maximum absolute atomic E-state index is 5.87. The van der Waals surface area contributed by atoms with Gasteiger partial charge in [0.25, 0.3) is 0 Å². The van der Waals surface area contributed by atoms with Crippen molar-refractivity contribution >= 4 is 23.2 Å². The zero-order valence-corrected chi connectivity index (χ0v) is 15.4. The number of hydrogen-bond donors (Lipinski definition) is 0. The van der Waals surface area contributed by atoms with Crippen LogP contribution >= 0.6 is 23.2 Å². The van der Waals surface area contributed by atoms with Crippen LogP contribution in [0.2, 0.25) is 0 Å². The average Bonchev–Trinajstić information content (AvgIpc) is 2.58. The van der Waals surface area contributed by atoms with Crippen LogP contribution in [0, 0.1) is 0 Å². The highest BCUT2D eigenvalue weighted by Gasteiger charge is 2.09. The minimum absolute atomic E-state index is 0.634. The zero-order valence-electron chi connectivity index (χ0n) is 13.9. The highest BCUT2D eigenvalue weighted by molar-refractivity contribution is 6.18. The van der Waals surface area contributed by atoms with Crippen LogP contribution < -0.4 is 4.74 Å². The van der Waals surface area contributed by atoms with Gasteiger partial charge in [0.15, 0.2) is 0 Å². The Morgan fingerprint density at radius 3 is 2.22 bits per heavy atom. The summed E-state index contributed by atoms with van der Waals surface area (Å²) in [6.45, 7) is 6.85. The lowest BCUT2D eigenvalue weighted by Crippen LogP contribution is -2.33. The Labute approximate surface area is 150 Å². The molecule has 0 radical (unpaired) electrons. The Morgan fingerprint density at radius 2 is 1.61 bits per heavy atom. The standard InChI is InChI=1S/C18H28Cl2N2O/c19-8-12-22(13-9-20)16-17-4-6-18(7-5-17)23-15-14-21-10-2-1-3-11-21/h4-7H,1-3,8-16H2. The van der Waals surface area contributed by atoms with E-state index in [4.69, 9.17) is 27.9 Å². The highest BCUT2D eigenvalue weighted by Crippen LogP contribution is 2.14. The summed E-state index contributed by atoms with van der Waals surface area (Å²) in [5, 5.41) is 0. The quantitative estimate of drug-likeness (QED) is 0.591. The molecule has 0 spiro atoms. The third-order valence-corrected chi connectivity index (χ3v) is 4.59. The van der Waals surface area contributed by atoms with Gasteiger partial charge in [0, 0.05) is 37.9 Å². The fraction of sp³-hybridized carbons (Fsp3) is 0.667. The zero-order chi connectivity index (χ0) is 16.3. The van der Waals surface area contributed by atoms with Crippen LogP contribution in [0.3, 0.4) is 0 Å². The number of rotatable bonds is 10. The Bertz CT molecular complexity index is 416. The first-order valence-corrected chi connectivity index (χ1v) is 9.67. The first-order chi connectivity index (χ1) is 11.3. The fourth-order valence-corrected chi connectivity index (χ4v) is 3.41. The molecule has 1 aromatic carbocycles. The SMILES string of the molecule is ClCCN(CCCl)Cc1ccc(OCCN2CCCCC2)cc1. The van der Waals surface area contributed by atoms with Crippen LogP contribution in [0.5, 0.6) is 5.75 Å². The minimum Gasteiger partial charge on any atom is -0.492 e. The number of hydrogen-bond acceptors (Lipinski definition) is 3. The highest BCUT2D eigenvalue weighted by atomic mass is 35.5. The Morgan fingerprint density at radius 1 is 0.957 bits per heavy atom. The predicted molar refractivity (Wildman–Crippen MR) is 98.9 cm³/mol. The summed E-state index contributed by atoms with van der Waals surface area (Å²) in [4.78, 5) is 4.76. The van der Waals surface area contributed by atoms with E-state index in [0.717, 1.165) is 38.5 Å². The number of ether oxygens (including phenoxy) is 1. The van der Waals surface area contributed by atoms with Crippen molar-refractivity contribution in [2.45, 2.75) is 25.8 Å². The van der Waals surface area contributed by atoms with Crippen LogP contribution in [0.15, 0.2) is 24.3 Å². The molecule has 1 aliphatic heterocycles. The molecule has 5 heteroatoms. The van der Waals surface area contributed by atoms with Crippen molar-refractivity contribution in [2.24, 2.45) is 0 Å². The molecule has 0 atom stereocenters. The summed E-state index contributed by atoms with van der Waals surface area (Å²) in [7, 11) is 0.